The van der Waals surface area contributed by atoms with Gasteiger partial charge < -0.3 is 15.7 Å². The summed E-state index contributed by atoms with van der Waals surface area (Å²) < 4.78 is 13.6. The Kier molecular flexibility index (Phi) is 5.12. The van der Waals surface area contributed by atoms with Gasteiger partial charge in [0.1, 0.15) is 5.82 Å². The molecule has 0 aromatic heterocycles. The Labute approximate surface area is 129 Å². The van der Waals surface area contributed by atoms with Gasteiger partial charge in [-0.3, -0.25) is 0 Å². The number of nitrogens with one attached hydrogen (secondary N) is 2. The van der Waals surface area contributed by atoms with E-state index in [0.29, 0.717) is 6.42 Å². The highest BCUT2D eigenvalue weighted by Gasteiger charge is 2.31. The molecule has 0 radical (unpaired) electrons. The lowest BCUT2D eigenvalue weighted by Crippen LogP contribution is -2.50. The van der Waals surface area contributed by atoms with Crippen LogP contribution in [0, 0.1) is 5.82 Å². The molecule has 3 N–H and O–H groups in total. The monoisotopic (exact) mass is 302 g/mol. The fourth-order valence-electron chi connectivity index (χ4n) is 2.30. The number of hydrogen-bond acceptors (Lipinski definition) is 2. The van der Waals surface area contributed by atoms with Gasteiger partial charge in [0.2, 0.25) is 0 Å². The van der Waals surface area contributed by atoms with Crippen molar-refractivity contribution < 1.29 is 14.3 Å². The highest BCUT2D eigenvalue weighted by molar-refractivity contribution is 5.90. The van der Waals surface area contributed by atoms with Gasteiger partial charge in [0.15, 0.2) is 0 Å². The van der Waals surface area contributed by atoms with Gasteiger partial charge >= 0.3 is 6.03 Å². The van der Waals surface area contributed by atoms with Crippen LogP contribution in [-0.2, 0) is 5.54 Å². The number of urea groups is 1. The summed E-state index contributed by atoms with van der Waals surface area (Å²) >= 11 is 0. The zero-order chi connectivity index (χ0) is 16.0. The fraction of sp³-hybridized carbons (Fsp3) is 0.235. The third-order valence-corrected chi connectivity index (χ3v) is 3.67. The van der Waals surface area contributed by atoms with E-state index in [-0.39, 0.29) is 12.3 Å². The molecule has 0 aliphatic rings. The van der Waals surface area contributed by atoms with Crippen molar-refractivity contribution in [3.8, 4) is 0 Å². The largest absolute Gasteiger partial charge is 0.394 e. The van der Waals surface area contributed by atoms with Crippen molar-refractivity contribution in [3.63, 3.8) is 0 Å². The molecule has 0 saturated carbocycles. The maximum atomic E-state index is 13.6. The number of carbonyl (C=O) groups is 1. The second kappa shape index (κ2) is 7.04. The van der Waals surface area contributed by atoms with Crippen LogP contribution in [0.15, 0.2) is 54.6 Å². The van der Waals surface area contributed by atoms with E-state index in [1.165, 1.54) is 12.1 Å². The summed E-state index contributed by atoms with van der Waals surface area (Å²) in [5.74, 6) is -0.511. The molecule has 4 nitrogen and oxygen atoms in total. The van der Waals surface area contributed by atoms with Gasteiger partial charge in [-0.1, -0.05) is 49.4 Å². The van der Waals surface area contributed by atoms with Gasteiger partial charge in [0.25, 0.3) is 0 Å². The SMILES string of the molecule is CCC(CO)(NC(=O)Nc1ccccc1F)c1ccccc1. The normalized spacial score (nSPS) is 13.2. The molecule has 2 aromatic carbocycles. The maximum absolute atomic E-state index is 13.6. The standard InChI is InChI=1S/C17H19FN2O2/c1-2-17(12-21,13-8-4-3-5-9-13)20-16(22)19-15-11-7-6-10-14(15)18/h3-11,21H,2,12H2,1H3,(H2,19,20,22). The Morgan fingerprint density at radius 2 is 1.77 bits per heavy atom. The van der Waals surface area contributed by atoms with Crippen molar-refractivity contribution in [2.24, 2.45) is 0 Å². The Balaban J connectivity index is 2.18. The Morgan fingerprint density at radius 3 is 2.36 bits per heavy atom. The number of rotatable bonds is 5. The molecule has 0 aliphatic carbocycles. The molecular formula is C17H19FN2O2. The van der Waals surface area contributed by atoms with E-state index in [1.54, 1.807) is 12.1 Å². The molecule has 0 bridgehead atoms. The summed E-state index contributed by atoms with van der Waals surface area (Å²) in [6.07, 6.45) is 0.498. The molecule has 2 rings (SSSR count). The zero-order valence-electron chi connectivity index (χ0n) is 12.3. The lowest BCUT2D eigenvalue weighted by molar-refractivity contribution is 0.159. The van der Waals surface area contributed by atoms with Gasteiger partial charge in [-0.25, -0.2) is 9.18 Å². The van der Waals surface area contributed by atoms with E-state index < -0.39 is 17.4 Å². The Morgan fingerprint density at radius 1 is 1.14 bits per heavy atom. The minimum Gasteiger partial charge on any atom is -0.394 e. The number of hydrogen-bond donors (Lipinski definition) is 3. The molecule has 116 valence electrons. The molecule has 5 heteroatoms. The van der Waals surface area contributed by atoms with Crippen molar-refractivity contribution in [1.29, 1.82) is 0 Å². The van der Waals surface area contributed by atoms with Crippen LogP contribution < -0.4 is 10.6 Å². The number of aliphatic hydroxyl groups is 1. The van der Waals surface area contributed by atoms with Crippen molar-refractivity contribution in [2.75, 3.05) is 11.9 Å². The summed E-state index contributed by atoms with van der Waals surface area (Å²) in [6, 6.07) is 14.6. The van der Waals surface area contributed by atoms with Crippen LogP contribution in [0.3, 0.4) is 0 Å². The topological polar surface area (TPSA) is 61.4 Å². The zero-order valence-corrected chi connectivity index (χ0v) is 12.3. The first-order chi connectivity index (χ1) is 10.6. The van der Waals surface area contributed by atoms with Crippen molar-refractivity contribution >= 4 is 11.7 Å². The van der Waals surface area contributed by atoms with Gasteiger partial charge in [-0.2, -0.15) is 0 Å². The first kappa shape index (κ1) is 16.0. The van der Waals surface area contributed by atoms with Crippen molar-refractivity contribution in [1.82, 2.24) is 5.32 Å². The van der Waals surface area contributed by atoms with Crippen LogP contribution >= 0.6 is 0 Å². The molecule has 0 heterocycles. The Bertz CT molecular complexity index is 628. The lowest BCUT2D eigenvalue weighted by Gasteiger charge is -2.32. The van der Waals surface area contributed by atoms with E-state index in [9.17, 15) is 14.3 Å². The molecule has 2 amide bonds. The molecule has 0 spiro atoms. The first-order valence-corrected chi connectivity index (χ1v) is 7.11. The molecule has 2 aromatic rings. The number of aliphatic hydroxyl groups excluding tert-OH is 1. The minimum atomic E-state index is -0.906. The van der Waals surface area contributed by atoms with Gasteiger partial charge in [0, 0.05) is 0 Å². The van der Waals surface area contributed by atoms with Crippen LogP contribution in [0.5, 0.6) is 0 Å². The molecule has 1 atom stereocenters. The van der Waals surface area contributed by atoms with E-state index in [0.717, 1.165) is 5.56 Å². The van der Waals surface area contributed by atoms with E-state index in [2.05, 4.69) is 10.6 Å². The smallest absolute Gasteiger partial charge is 0.320 e. The average Bonchev–Trinajstić information content (AvgIpc) is 2.56. The maximum Gasteiger partial charge on any atom is 0.320 e. The number of para-hydroxylation sites is 1. The van der Waals surface area contributed by atoms with E-state index in [1.807, 2.05) is 37.3 Å². The summed E-state index contributed by atoms with van der Waals surface area (Å²) in [4.78, 5) is 12.2. The highest BCUT2D eigenvalue weighted by atomic mass is 19.1. The van der Waals surface area contributed by atoms with Crippen molar-refractivity contribution in [3.05, 3.63) is 66.0 Å². The van der Waals surface area contributed by atoms with Crippen LogP contribution in [0.25, 0.3) is 0 Å². The number of amides is 2. The Hall–Kier alpha value is -2.40. The molecule has 22 heavy (non-hydrogen) atoms. The predicted octanol–water partition coefficient (Wildman–Crippen LogP) is 3.25. The third-order valence-electron chi connectivity index (χ3n) is 3.67. The van der Waals surface area contributed by atoms with Gasteiger partial charge in [-0.15, -0.1) is 0 Å². The summed E-state index contributed by atoms with van der Waals surface area (Å²) in [6.45, 7) is 1.62. The number of halogens is 1. The second-order valence-electron chi connectivity index (χ2n) is 5.02. The summed E-state index contributed by atoms with van der Waals surface area (Å²) in [7, 11) is 0. The quantitative estimate of drug-likeness (QED) is 0.794. The molecule has 1 unspecified atom stereocenters. The molecule has 0 fully saturated rings. The highest BCUT2D eigenvalue weighted by Crippen LogP contribution is 2.24. The van der Waals surface area contributed by atoms with Gasteiger partial charge in [-0.05, 0) is 24.1 Å². The number of anilines is 1. The van der Waals surface area contributed by atoms with Crippen molar-refractivity contribution in [2.45, 2.75) is 18.9 Å². The first-order valence-electron chi connectivity index (χ1n) is 7.11. The van der Waals surface area contributed by atoms with E-state index >= 15 is 0 Å². The van der Waals surface area contributed by atoms with Gasteiger partial charge in [0.05, 0.1) is 17.8 Å². The molecular weight excluding hydrogens is 283 g/mol. The van der Waals surface area contributed by atoms with Crippen LogP contribution in [0.4, 0.5) is 14.9 Å². The van der Waals surface area contributed by atoms with Crippen LogP contribution in [0.2, 0.25) is 0 Å². The fourth-order valence-corrected chi connectivity index (χ4v) is 2.30. The molecule has 0 aliphatic heterocycles. The second-order valence-corrected chi connectivity index (χ2v) is 5.02. The minimum absolute atomic E-state index is 0.0935. The van der Waals surface area contributed by atoms with Crippen LogP contribution in [-0.4, -0.2) is 17.7 Å². The average molecular weight is 302 g/mol. The third kappa shape index (κ3) is 3.43. The predicted molar refractivity (Wildman–Crippen MR) is 84.1 cm³/mol. The lowest BCUT2D eigenvalue weighted by atomic mass is 9.88. The summed E-state index contributed by atoms with van der Waals surface area (Å²) in [5, 5.41) is 15.0. The molecule has 0 saturated heterocycles. The summed E-state index contributed by atoms with van der Waals surface area (Å²) in [5.41, 5.74) is -0.0176. The van der Waals surface area contributed by atoms with Crippen LogP contribution in [0.1, 0.15) is 18.9 Å². The number of carbonyl (C=O) groups excluding carboxylic acids is 1. The van der Waals surface area contributed by atoms with E-state index in [4.69, 9.17) is 0 Å². The number of benzene rings is 2.